The number of hydrogen-bond donors (Lipinski definition) is 2. The van der Waals surface area contributed by atoms with E-state index in [1.165, 1.54) is 32.1 Å². The molecule has 0 amide bonds. The Hall–Kier alpha value is -0.940. The molecule has 23 heavy (non-hydrogen) atoms. The van der Waals surface area contributed by atoms with Crippen LogP contribution in [0, 0.1) is 0 Å². The van der Waals surface area contributed by atoms with Gasteiger partial charge in [0.2, 0.25) is 0 Å². The van der Waals surface area contributed by atoms with Crippen molar-refractivity contribution >= 4 is 11.8 Å². The van der Waals surface area contributed by atoms with Crippen LogP contribution in [0.5, 0.6) is 0 Å². The molecule has 0 aliphatic carbocycles. The molecule has 2 N–H and O–H groups in total. The summed E-state index contributed by atoms with van der Waals surface area (Å²) in [5.41, 5.74) is 0. The summed E-state index contributed by atoms with van der Waals surface area (Å²) in [6, 6.07) is 0. The van der Waals surface area contributed by atoms with Gasteiger partial charge in [-0.25, -0.2) is 0 Å². The molecule has 0 aliphatic rings. The number of carbonyl (C=O) groups excluding carboxylic acids is 2. The molecular formula is C18H34O5. The van der Waals surface area contributed by atoms with Gasteiger partial charge >= 0.3 is 5.97 Å². The molecule has 0 atom stereocenters. The number of esters is 1. The summed E-state index contributed by atoms with van der Waals surface area (Å²) >= 11 is 0. The number of rotatable bonds is 17. The highest BCUT2D eigenvalue weighted by Crippen LogP contribution is 2.12. The Balaban J connectivity index is 3.13. The van der Waals surface area contributed by atoms with Gasteiger partial charge in [0.1, 0.15) is 12.4 Å². The number of unbranched alkanes of at least 4 members (excludes halogenated alkanes) is 9. The molecular weight excluding hydrogens is 296 g/mol. The quantitative estimate of drug-likeness (QED) is 0.316. The predicted molar refractivity (Wildman–Crippen MR) is 90.2 cm³/mol. The Labute approximate surface area is 140 Å². The third-order valence-corrected chi connectivity index (χ3v) is 3.83. The van der Waals surface area contributed by atoms with E-state index in [2.05, 4.69) is 0 Å². The van der Waals surface area contributed by atoms with Gasteiger partial charge in [-0.15, -0.1) is 0 Å². The van der Waals surface area contributed by atoms with E-state index in [0.29, 0.717) is 19.3 Å². The maximum atomic E-state index is 11.2. The lowest BCUT2D eigenvalue weighted by Gasteiger charge is -2.04. The molecule has 5 nitrogen and oxygen atoms in total. The lowest BCUT2D eigenvalue weighted by molar-refractivity contribution is -0.144. The SMILES string of the molecule is O=C(CCO)CCCCCCCCCCCCC(=O)OCCO. The Morgan fingerprint density at radius 1 is 0.609 bits per heavy atom. The fraction of sp³-hybridized carbons (Fsp3) is 0.889. The fourth-order valence-corrected chi connectivity index (χ4v) is 2.49. The lowest BCUT2D eigenvalue weighted by atomic mass is 10.0. The summed E-state index contributed by atoms with van der Waals surface area (Å²) < 4.78 is 4.79. The number of carbonyl (C=O) groups is 2. The maximum Gasteiger partial charge on any atom is 0.305 e. The van der Waals surface area contributed by atoms with E-state index >= 15 is 0 Å². The third kappa shape index (κ3) is 17.2. The van der Waals surface area contributed by atoms with Crippen LogP contribution in [0.15, 0.2) is 0 Å². The molecule has 5 heteroatoms. The van der Waals surface area contributed by atoms with Gasteiger partial charge in [0.15, 0.2) is 0 Å². The molecule has 0 saturated heterocycles. The molecule has 0 spiro atoms. The largest absolute Gasteiger partial charge is 0.463 e. The van der Waals surface area contributed by atoms with Gasteiger partial charge < -0.3 is 14.9 Å². The number of hydrogen-bond acceptors (Lipinski definition) is 5. The van der Waals surface area contributed by atoms with Gasteiger partial charge in [0, 0.05) is 25.9 Å². The van der Waals surface area contributed by atoms with E-state index < -0.39 is 0 Å². The van der Waals surface area contributed by atoms with E-state index in [0.717, 1.165) is 32.1 Å². The number of aliphatic hydroxyl groups is 2. The van der Waals surface area contributed by atoms with Gasteiger partial charge in [-0.05, 0) is 12.8 Å². The van der Waals surface area contributed by atoms with Crippen LogP contribution in [0.3, 0.4) is 0 Å². The zero-order chi connectivity index (χ0) is 17.2. The van der Waals surface area contributed by atoms with Crippen molar-refractivity contribution in [3.05, 3.63) is 0 Å². The van der Waals surface area contributed by atoms with E-state index in [-0.39, 0.29) is 31.6 Å². The van der Waals surface area contributed by atoms with Crippen molar-refractivity contribution in [1.29, 1.82) is 0 Å². The molecule has 0 rings (SSSR count). The predicted octanol–water partition coefficient (Wildman–Crippen LogP) is 3.15. The summed E-state index contributed by atoms with van der Waals surface area (Å²) in [5, 5.41) is 17.1. The monoisotopic (exact) mass is 330 g/mol. The van der Waals surface area contributed by atoms with Crippen LogP contribution in [-0.4, -0.2) is 41.8 Å². The topological polar surface area (TPSA) is 83.8 Å². The molecule has 0 heterocycles. The highest BCUT2D eigenvalue weighted by Gasteiger charge is 2.02. The van der Waals surface area contributed by atoms with Crippen molar-refractivity contribution in [3.8, 4) is 0 Å². The number of Topliss-reactive ketones (excluding diaryl/α,β-unsaturated/α-hetero) is 1. The minimum atomic E-state index is -0.212. The molecule has 0 aromatic heterocycles. The highest BCUT2D eigenvalue weighted by atomic mass is 16.5. The summed E-state index contributed by atoms with van der Waals surface area (Å²) in [7, 11) is 0. The average molecular weight is 330 g/mol. The van der Waals surface area contributed by atoms with Gasteiger partial charge in [0.05, 0.1) is 6.61 Å². The van der Waals surface area contributed by atoms with Crippen LogP contribution < -0.4 is 0 Å². The minimum absolute atomic E-state index is 0.0251. The molecule has 136 valence electrons. The second-order valence-electron chi connectivity index (χ2n) is 5.99. The first kappa shape index (κ1) is 22.1. The number of ether oxygens (including phenoxy) is 1. The summed E-state index contributed by atoms with van der Waals surface area (Å²) in [6.45, 7) is -0.0260. The zero-order valence-electron chi connectivity index (χ0n) is 14.4. The first-order valence-corrected chi connectivity index (χ1v) is 9.09. The maximum absolute atomic E-state index is 11.2. The van der Waals surface area contributed by atoms with Crippen LogP contribution in [0.2, 0.25) is 0 Å². The molecule has 0 aromatic rings. The molecule has 0 radical (unpaired) electrons. The highest BCUT2D eigenvalue weighted by molar-refractivity contribution is 5.78. The number of aliphatic hydroxyl groups excluding tert-OH is 2. The van der Waals surface area contributed by atoms with E-state index in [9.17, 15) is 9.59 Å². The van der Waals surface area contributed by atoms with Crippen LogP contribution in [0.4, 0.5) is 0 Å². The molecule has 0 aromatic carbocycles. The Morgan fingerprint density at radius 3 is 1.57 bits per heavy atom. The molecule has 0 saturated carbocycles. The van der Waals surface area contributed by atoms with Gasteiger partial charge in [-0.2, -0.15) is 0 Å². The molecule has 0 bridgehead atoms. The van der Waals surface area contributed by atoms with Crippen molar-refractivity contribution in [2.75, 3.05) is 19.8 Å². The smallest absolute Gasteiger partial charge is 0.305 e. The first-order chi connectivity index (χ1) is 11.2. The van der Waals surface area contributed by atoms with Gasteiger partial charge in [-0.1, -0.05) is 51.4 Å². The van der Waals surface area contributed by atoms with Crippen molar-refractivity contribution in [1.82, 2.24) is 0 Å². The average Bonchev–Trinajstić information content (AvgIpc) is 2.54. The van der Waals surface area contributed by atoms with E-state index in [1.54, 1.807) is 0 Å². The fourth-order valence-electron chi connectivity index (χ4n) is 2.49. The van der Waals surface area contributed by atoms with Gasteiger partial charge in [0.25, 0.3) is 0 Å². The number of ketones is 1. The third-order valence-electron chi connectivity index (χ3n) is 3.83. The summed E-state index contributed by atoms with van der Waals surface area (Å²) in [6.07, 6.45) is 12.6. The molecule has 0 unspecified atom stereocenters. The molecule has 0 aliphatic heterocycles. The second-order valence-corrected chi connectivity index (χ2v) is 5.99. The van der Waals surface area contributed by atoms with Crippen LogP contribution in [0.1, 0.15) is 83.5 Å². The Kier molecular flexibility index (Phi) is 16.7. The van der Waals surface area contributed by atoms with Gasteiger partial charge in [-0.3, -0.25) is 9.59 Å². The van der Waals surface area contributed by atoms with Crippen molar-refractivity contribution < 1.29 is 24.5 Å². The van der Waals surface area contributed by atoms with Crippen LogP contribution >= 0.6 is 0 Å². The standard InChI is InChI=1S/C18H34O5/c19-14-13-17(21)11-9-7-5-3-1-2-4-6-8-10-12-18(22)23-16-15-20/h19-20H,1-16H2. The Morgan fingerprint density at radius 2 is 1.09 bits per heavy atom. The second kappa shape index (κ2) is 17.4. The van der Waals surface area contributed by atoms with Crippen molar-refractivity contribution in [3.63, 3.8) is 0 Å². The summed E-state index contributed by atoms with van der Waals surface area (Å²) in [5.74, 6) is -0.0377. The van der Waals surface area contributed by atoms with Crippen LogP contribution in [0.25, 0.3) is 0 Å². The zero-order valence-corrected chi connectivity index (χ0v) is 14.4. The van der Waals surface area contributed by atoms with E-state index in [1.807, 2.05) is 0 Å². The lowest BCUT2D eigenvalue weighted by Crippen LogP contribution is -2.07. The minimum Gasteiger partial charge on any atom is -0.463 e. The van der Waals surface area contributed by atoms with Crippen LogP contribution in [-0.2, 0) is 14.3 Å². The van der Waals surface area contributed by atoms with E-state index in [4.69, 9.17) is 14.9 Å². The first-order valence-electron chi connectivity index (χ1n) is 9.09. The normalized spacial score (nSPS) is 10.7. The Bertz CT molecular complexity index is 291. The molecule has 0 fully saturated rings. The van der Waals surface area contributed by atoms with Crippen molar-refractivity contribution in [2.45, 2.75) is 83.5 Å². The van der Waals surface area contributed by atoms with Crippen molar-refractivity contribution in [2.24, 2.45) is 0 Å². The summed E-state index contributed by atoms with van der Waals surface area (Å²) in [4.78, 5) is 22.4.